The summed E-state index contributed by atoms with van der Waals surface area (Å²) in [5.41, 5.74) is 25.5. The molecular weight excluding hydrogens is 1700 g/mol. The molecular formula is C108H103N23O5. The normalized spacial score (nSPS) is 15.6. The summed E-state index contributed by atoms with van der Waals surface area (Å²) >= 11 is 0. The average molecular weight is 1800 g/mol. The van der Waals surface area contributed by atoms with E-state index in [1.54, 1.807) is 51.9 Å². The van der Waals surface area contributed by atoms with Crippen LogP contribution in [-0.2, 0) is 51.0 Å². The highest BCUT2D eigenvalue weighted by molar-refractivity contribution is 6.17. The predicted molar refractivity (Wildman–Crippen MR) is 524 cm³/mol. The van der Waals surface area contributed by atoms with Crippen molar-refractivity contribution in [2.45, 2.75) is 191 Å². The Morgan fingerprint density at radius 2 is 0.566 bits per heavy atom. The van der Waals surface area contributed by atoms with Crippen molar-refractivity contribution in [3.8, 4) is 61.7 Å². The van der Waals surface area contributed by atoms with E-state index >= 15 is 0 Å². The third kappa shape index (κ3) is 16.9. The second-order valence-electron chi connectivity index (χ2n) is 37.8. The number of aromatic nitrogens is 17. The van der Waals surface area contributed by atoms with E-state index < -0.39 is 27.1 Å². The number of fused-ring (bicyclic) bond motifs is 5. The molecule has 15 aromatic rings. The quantitative estimate of drug-likeness (QED) is 0.116. The van der Waals surface area contributed by atoms with Gasteiger partial charge in [0.25, 0.3) is 0 Å². The van der Waals surface area contributed by atoms with Crippen LogP contribution in [0, 0.1) is 87.5 Å². The van der Waals surface area contributed by atoms with Crippen LogP contribution in [0.4, 0.5) is 57.1 Å². The smallest absolute Gasteiger partial charge is 0.242 e. The van der Waals surface area contributed by atoms with Crippen LogP contribution in [0.2, 0.25) is 0 Å². The standard InChI is InChI=1S/C22H21N5O.3C22H22N4O.C20H16N6O/c1-13-24-9-16(10-25-13)15-6-7-17-19(8-15)27(21(28)22(17,2)3)20-12-23-11-18(26-20)14-4-5-14;2*1-13-9-23-12-20(14(13)2)26-19-8-16(17-10-24-15(3)25-11-17)6-7-18(19)22(4,5)21(26)27;1-13-8-14(2)23-12-20(13)26-19-9-16(17-10-24-15(3)25-11-17)6-7-18(19)22(4,5)21(26)27;1-12-22-8-14(9-23-12)13-4-5-16-17(6-13)26(19(27)20(16,2)3)18-11-24-15(7-21)10-25-18/h6-12,14H,4-5H2,1-3H3;3*6-12H,1-5H3;4-6,8-11H,1-3H3. The van der Waals surface area contributed by atoms with Crippen LogP contribution in [0.5, 0.6) is 0 Å². The number of rotatable bonds is 11. The van der Waals surface area contributed by atoms with Gasteiger partial charge < -0.3 is 0 Å². The second kappa shape index (κ2) is 35.5. The SMILES string of the molecule is Cc1cc(C)c(N2C(=O)C(C)(C)c3ccc(-c4cnc(C)nc4)cc32)cn1.Cc1ncc(-c2ccc3c(c2)N(c2cnc(C#N)cn2)C(=O)C3(C)C)cn1.Cc1ncc(-c2ccc3c(c2)N(c2cncc(C)c2C)C(=O)C3(C)C)cn1.Cc1ncc(-c2ccc3c(c2)N(c2cncc(C)c2C)C(=O)C3(C)C)cn1.Cc1ncc(-c2ccc3c(c2)N(c2cncc(C4CC4)n2)C(=O)C3(C)C)cn1. The Labute approximate surface area is 790 Å². The molecule has 0 unspecified atom stereocenters. The average Bonchev–Trinajstić information content (AvgIpc) is 1.64. The van der Waals surface area contributed by atoms with E-state index in [-0.39, 0.29) is 35.2 Å². The number of hydrogen-bond acceptors (Lipinski definition) is 23. The first-order chi connectivity index (χ1) is 64.8. The minimum Gasteiger partial charge on any atom is -0.278 e. The maximum atomic E-state index is 13.3. The van der Waals surface area contributed by atoms with Gasteiger partial charge in [0.15, 0.2) is 17.3 Å². The minimum atomic E-state index is -0.687. The fourth-order valence-corrected chi connectivity index (χ4v) is 17.7. The van der Waals surface area contributed by atoms with Crippen LogP contribution >= 0.6 is 0 Å². The number of nitrogens with zero attached hydrogens (tertiary/aromatic N) is 23. The molecule has 15 heterocycles. The fraction of sp³-hybridized carbons (Fsp3) is 0.269. The molecule has 0 spiro atoms. The molecule has 0 radical (unpaired) electrons. The number of carbonyl (C=O) groups excluding carboxylic acids is 5. The van der Waals surface area contributed by atoms with Crippen LogP contribution in [-0.4, -0.2) is 114 Å². The molecule has 1 fully saturated rings. The Morgan fingerprint density at radius 3 is 0.860 bits per heavy atom. The summed E-state index contributed by atoms with van der Waals surface area (Å²) in [5.74, 6) is 5.21. The third-order valence-electron chi connectivity index (χ3n) is 26.5. The Hall–Kier alpha value is -16.1. The minimum absolute atomic E-state index is 0.0158. The maximum Gasteiger partial charge on any atom is 0.242 e. The molecule has 0 saturated heterocycles. The van der Waals surface area contributed by atoms with Gasteiger partial charge in [0.05, 0.1) is 115 Å². The number of amides is 5. The van der Waals surface area contributed by atoms with Crippen molar-refractivity contribution in [3.63, 3.8) is 0 Å². The van der Waals surface area contributed by atoms with Gasteiger partial charge in [0.1, 0.15) is 35.2 Å². The van der Waals surface area contributed by atoms with Crippen LogP contribution in [0.25, 0.3) is 55.6 Å². The summed E-state index contributed by atoms with van der Waals surface area (Å²) in [6, 6.07) is 34.3. The molecule has 0 N–H and O–H groups in total. The first-order valence-corrected chi connectivity index (χ1v) is 45.0. The highest BCUT2D eigenvalue weighted by Gasteiger charge is 2.51. The first kappa shape index (κ1) is 91.8. The van der Waals surface area contributed by atoms with Crippen molar-refractivity contribution in [1.29, 1.82) is 5.26 Å². The van der Waals surface area contributed by atoms with Crippen LogP contribution in [0.3, 0.4) is 0 Å². The Balaban J connectivity index is 0.000000118. The molecule has 0 atom stereocenters. The van der Waals surface area contributed by atoms with Crippen LogP contribution in [0.1, 0.15) is 190 Å². The van der Waals surface area contributed by atoms with Gasteiger partial charge in [0, 0.05) is 120 Å². The number of hydrogen-bond donors (Lipinski definition) is 0. The molecule has 10 aromatic heterocycles. The molecule has 5 amide bonds. The lowest BCUT2D eigenvalue weighted by Crippen LogP contribution is -2.33. The van der Waals surface area contributed by atoms with Crippen molar-refractivity contribution in [1.82, 2.24) is 84.7 Å². The molecule has 5 aromatic carbocycles. The van der Waals surface area contributed by atoms with Gasteiger partial charge in [-0.15, -0.1) is 0 Å². The van der Waals surface area contributed by atoms with Gasteiger partial charge in [-0.05, 0) is 278 Å². The van der Waals surface area contributed by atoms with Crippen LogP contribution < -0.4 is 24.5 Å². The lowest BCUT2D eigenvalue weighted by Gasteiger charge is -2.22. The summed E-state index contributed by atoms with van der Waals surface area (Å²) < 4.78 is 0. The van der Waals surface area contributed by atoms with Crippen molar-refractivity contribution < 1.29 is 24.0 Å². The number of carbonyl (C=O) groups is 5. The zero-order valence-electron chi connectivity index (χ0n) is 80.0. The number of anilines is 10. The van der Waals surface area contributed by atoms with E-state index in [1.165, 1.54) is 12.4 Å². The number of pyridine rings is 3. The largest absolute Gasteiger partial charge is 0.278 e. The van der Waals surface area contributed by atoms with Gasteiger partial charge >= 0.3 is 0 Å². The zero-order valence-corrected chi connectivity index (χ0v) is 80.0. The third-order valence-corrected chi connectivity index (χ3v) is 26.5. The van der Waals surface area contributed by atoms with Gasteiger partial charge in [-0.1, -0.05) is 60.7 Å². The molecule has 1 saturated carbocycles. The van der Waals surface area contributed by atoms with E-state index in [4.69, 9.17) is 10.2 Å². The van der Waals surface area contributed by atoms with Gasteiger partial charge in [-0.25, -0.2) is 64.8 Å². The zero-order chi connectivity index (χ0) is 96.7. The molecule has 21 rings (SSSR count). The molecule has 28 nitrogen and oxygen atoms in total. The van der Waals surface area contributed by atoms with E-state index in [0.29, 0.717) is 23.4 Å². The van der Waals surface area contributed by atoms with Gasteiger partial charge in [0.2, 0.25) is 29.5 Å². The number of benzene rings is 5. The Morgan fingerprint density at radius 1 is 0.272 bits per heavy atom. The molecule has 0 bridgehead atoms. The molecule has 1 aliphatic carbocycles. The van der Waals surface area contributed by atoms with Crippen molar-refractivity contribution in [2.75, 3.05) is 24.5 Å². The van der Waals surface area contributed by atoms with E-state index in [2.05, 4.69) is 97.9 Å². The van der Waals surface area contributed by atoms with Crippen LogP contribution in [0.15, 0.2) is 215 Å². The summed E-state index contributed by atoms with van der Waals surface area (Å²) in [4.78, 5) is 148. The van der Waals surface area contributed by atoms with E-state index in [9.17, 15) is 24.0 Å². The second-order valence-corrected chi connectivity index (χ2v) is 37.8. The lowest BCUT2D eigenvalue weighted by molar-refractivity contribution is -0.122. The topological polar surface area (TPSA) is 344 Å². The molecule has 5 aliphatic heterocycles. The number of nitriles is 1. The first-order valence-electron chi connectivity index (χ1n) is 45.0. The molecule has 136 heavy (non-hydrogen) atoms. The van der Waals surface area contributed by atoms with Crippen molar-refractivity contribution in [3.05, 3.63) is 317 Å². The molecule has 680 valence electrons. The highest BCUT2D eigenvalue weighted by Crippen LogP contribution is 2.54. The lowest BCUT2D eigenvalue weighted by atomic mass is 9.85. The maximum absolute atomic E-state index is 13.3. The summed E-state index contributed by atoms with van der Waals surface area (Å²) in [5, 5.41) is 8.92. The summed E-state index contributed by atoms with van der Waals surface area (Å²) in [7, 11) is 0. The molecule has 6 aliphatic rings. The molecule has 28 heteroatoms. The van der Waals surface area contributed by atoms with Gasteiger partial charge in [-0.3, -0.25) is 68.4 Å². The van der Waals surface area contributed by atoms with E-state index in [0.717, 1.165) is 204 Å². The number of aryl methyl sites for hydroxylation is 9. The summed E-state index contributed by atoms with van der Waals surface area (Å²) in [6.45, 7) is 40.9. The van der Waals surface area contributed by atoms with Gasteiger partial charge in [-0.2, -0.15) is 5.26 Å². The van der Waals surface area contributed by atoms with E-state index in [1.807, 2.05) is 308 Å². The Kier molecular flexibility index (Phi) is 24.0. The summed E-state index contributed by atoms with van der Waals surface area (Å²) in [6.07, 6.45) is 35.6. The predicted octanol–water partition coefficient (Wildman–Crippen LogP) is 20.4. The Bertz CT molecular complexity index is 7180. The highest BCUT2D eigenvalue weighted by atomic mass is 16.2. The monoisotopic (exact) mass is 1800 g/mol. The van der Waals surface area contributed by atoms with Crippen molar-refractivity contribution >= 4 is 86.7 Å². The fourth-order valence-electron chi connectivity index (χ4n) is 17.7. The van der Waals surface area contributed by atoms with Crippen molar-refractivity contribution in [2.24, 2.45) is 0 Å².